The maximum Gasteiger partial charge on any atom is 0.264 e. The molecule has 1 aromatic rings. The van der Waals surface area contributed by atoms with Gasteiger partial charge in [-0.2, -0.15) is 8.42 Å². The maximum atomic E-state index is 12.0. The Hall–Kier alpha value is -0.720. The zero-order chi connectivity index (χ0) is 13.6. The zero-order valence-corrected chi connectivity index (χ0v) is 12.2. The molecule has 0 spiro atoms. The van der Waals surface area contributed by atoms with E-state index in [9.17, 15) is 12.6 Å². The quantitative estimate of drug-likeness (QED) is 0.718. The molecule has 0 radical (unpaired) electrons. The van der Waals surface area contributed by atoms with E-state index in [1.165, 1.54) is 0 Å². The molecule has 0 aromatic heterocycles. The van der Waals surface area contributed by atoms with Gasteiger partial charge in [0.2, 0.25) is 0 Å². The lowest BCUT2D eigenvalue weighted by Crippen LogP contribution is -2.12. The minimum Gasteiger partial charge on any atom is -0.270 e. The van der Waals surface area contributed by atoms with Gasteiger partial charge < -0.3 is 0 Å². The summed E-state index contributed by atoms with van der Waals surface area (Å²) in [7, 11) is -4.42. The first-order valence-corrected chi connectivity index (χ1v) is 8.80. The van der Waals surface area contributed by atoms with E-state index in [4.69, 9.17) is 0 Å². The van der Waals surface area contributed by atoms with Crippen molar-refractivity contribution in [3.63, 3.8) is 0 Å². The van der Waals surface area contributed by atoms with Crippen LogP contribution in [0.15, 0.2) is 35.2 Å². The number of rotatable bonds is 7. The van der Waals surface area contributed by atoms with E-state index in [0.717, 1.165) is 11.2 Å². The molecule has 0 bridgehead atoms. The summed E-state index contributed by atoms with van der Waals surface area (Å²) in [5.41, 5.74) is 0. The van der Waals surface area contributed by atoms with E-state index >= 15 is 0 Å². The Labute approximate surface area is 111 Å². The second-order valence-corrected chi connectivity index (χ2v) is 7.38. The average Bonchev–Trinajstić information content (AvgIpc) is 2.28. The van der Waals surface area contributed by atoms with Crippen LogP contribution in [0.2, 0.25) is 0 Å². The van der Waals surface area contributed by atoms with Gasteiger partial charge in [-0.15, -0.1) is 0 Å². The van der Waals surface area contributed by atoms with Crippen LogP contribution in [0.1, 0.15) is 13.3 Å². The first kappa shape index (κ1) is 15.3. The lowest BCUT2D eigenvalue weighted by Gasteiger charge is -2.10. The molecule has 102 valence electrons. The Bertz CT molecular complexity index is 482. The topological polar surface area (TPSA) is 60.4 Å². The summed E-state index contributed by atoms with van der Waals surface area (Å²) in [5, 5.41) is 0. The summed E-state index contributed by atoms with van der Waals surface area (Å²) >= 11 is 0. The summed E-state index contributed by atoms with van der Waals surface area (Å²) in [6.45, 7) is 2.08. The van der Waals surface area contributed by atoms with Gasteiger partial charge in [-0.05, 0) is 24.5 Å². The third-order valence-electron chi connectivity index (χ3n) is 2.35. The highest BCUT2D eigenvalue weighted by Crippen LogP contribution is 2.12. The van der Waals surface area contributed by atoms with Crippen LogP contribution < -0.4 is 0 Å². The van der Waals surface area contributed by atoms with E-state index in [2.05, 4.69) is 4.18 Å². The Balaban J connectivity index is 2.37. The number of hydrogen-bond acceptors (Lipinski definition) is 4. The van der Waals surface area contributed by atoms with Crippen molar-refractivity contribution in [2.45, 2.75) is 18.2 Å². The van der Waals surface area contributed by atoms with Crippen LogP contribution in [0.5, 0.6) is 0 Å². The fraction of sp³-hybridized carbons (Fsp3) is 0.500. The van der Waals surface area contributed by atoms with Crippen molar-refractivity contribution in [2.75, 3.05) is 18.6 Å². The minimum absolute atomic E-state index is 0.145. The van der Waals surface area contributed by atoms with Crippen LogP contribution in [-0.4, -0.2) is 31.2 Å². The second kappa shape index (κ2) is 7.01. The predicted molar refractivity (Wildman–Crippen MR) is 72.3 cm³/mol. The molecule has 18 heavy (non-hydrogen) atoms. The van der Waals surface area contributed by atoms with E-state index in [0.29, 0.717) is 12.2 Å². The van der Waals surface area contributed by atoms with Gasteiger partial charge in [0.05, 0.1) is 23.7 Å². The molecule has 4 nitrogen and oxygen atoms in total. The molecule has 2 atom stereocenters. The van der Waals surface area contributed by atoms with Gasteiger partial charge in [0, 0.05) is 10.6 Å². The van der Waals surface area contributed by atoms with Gasteiger partial charge in [-0.25, -0.2) is 0 Å². The van der Waals surface area contributed by atoms with E-state index in [1.807, 2.05) is 37.3 Å². The standard InChI is InChI=1S/C12H18O4S2/c1-11(8-9-16-18(2,14)15)10-17(13)12-6-4-3-5-7-12/h3-7,11H,8-10H2,1-2H3/t11-,17?/m1/s1. The first-order valence-electron chi connectivity index (χ1n) is 5.66. The molecule has 6 heteroatoms. The highest BCUT2D eigenvalue weighted by atomic mass is 32.2. The van der Waals surface area contributed by atoms with Gasteiger partial charge in [-0.3, -0.25) is 8.39 Å². The summed E-state index contributed by atoms with van der Waals surface area (Å²) in [5.74, 6) is 0.657. The average molecular weight is 290 g/mol. The maximum absolute atomic E-state index is 12.0. The molecule has 0 amide bonds. The lowest BCUT2D eigenvalue weighted by atomic mass is 10.1. The van der Waals surface area contributed by atoms with Crippen LogP contribution in [-0.2, 0) is 25.1 Å². The molecule has 0 fully saturated rings. The largest absolute Gasteiger partial charge is 0.270 e. The summed E-state index contributed by atoms with van der Waals surface area (Å²) in [6.07, 6.45) is 1.60. The van der Waals surface area contributed by atoms with Crippen molar-refractivity contribution in [1.29, 1.82) is 0 Å². The molecule has 0 N–H and O–H groups in total. The summed E-state index contributed by atoms with van der Waals surface area (Å²) in [4.78, 5) is 0.799. The van der Waals surface area contributed by atoms with Crippen LogP contribution in [0.4, 0.5) is 0 Å². The smallest absolute Gasteiger partial charge is 0.264 e. The fourth-order valence-corrected chi connectivity index (χ4v) is 3.15. The zero-order valence-electron chi connectivity index (χ0n) is 10.5. The Morgan fingerprint density at radius 3 is 2.44 bits per heavy atom. The molecule has 0 aliphatic rings. The lowest BCUT2D eigenvalue weighted by molar-refractivity contribution is 0.296. The number of hydrogen-bond donors (Lipinski definition) is 0. The van der Waals surface area contributed by atoms with Crippen molar-refractivity contribution in [1.82, 2.24) is 0 Å². The van der Waals surface area contributed by atoms with E-state index < -0.39 is 20.9 Å². The van der Waals surface area contributed by atoms with Crippen LogP contribution >= 0.6 is 0 Å². The number of benzene rings is 1. The molecule has 0 aliphatic carbocycles. The second-order valence-electron chi connectivity index (χ2n) is 4.25. The molecule has 0 heterocycles. The van der Waals surface area contributed by atoms with Gasteiger partial charge >= 0.3 is 0 Å². The first-order chi connectivity index (χ1) is 8.38. The Morgan fingerprint density at radius 2 is 1.89 bits per heavy atom. The predicted octanol–water partition coefficient (Wildman–Crippen LogP) is 1.80. The molecular weight excluding hydrogens is 272 g/mol. The molecule has 1 rings (SSSR count). The normalized spacial score (nSPS) is 15.2. The third-order valence-corrected chi connectivity index (χ3v) is 4.61. The molecule has 0 saturated carbocycles. The summed E-state index contributed by atoms with van der Waals surface area (Å²) < 4.78 is 38.2. The molecule has 1 unspecified atom stereocenters. The fourth-order valence-electron chi connectivity index (χ4n) is 1.41. The van der Waals surface area contributed by atoms with Crippen molar-refractivity contribution in [2.24, 2.45) is 5.92 Å². The van der Waals surface area contributed by atoms with Gasteiger partial charge in [0.15, 0.2) is 0 Å². The SMILES string of the molecule is C[C@H](CCOS(C)(=O)=O)CS(=O)c1ccccc1. The highest BCUT2D eigenvalue weighted by Gasteiger charge is 2.11. The highest BCUT2D eigenvalue weighted by molar-refractivity contribution is 7.86. The van der Waals surface area contributed by atoms with Crippen molar-refractivity contribution >= 4 is 20.9 Å². The van der Waals surface area contributed by atoms with Crippen molar-refractivity contribution in [3.05, 3.63) is 30.3 Å². The molecule has 1 aromatic carbocycles. The summed E-state index contributed by atoms with van der Waals surface area (Å²) in [6, 6.07) is 9.24. The Kier molecular flexibility index (Phi) is 5.98. The van der Waals surface area contributed by atoms with Crippen LogP contribution in [0.25, 0.3) is 0 Å². The van der Waals surface area contributed by atoms with Crippen LogP contribution in [0.3, 0.4) is 0 Å². The molecular formula is C12H18O4S2. The minimum atomic E-state index is -3.38. The van der Waals surface area contributed by atoms with E-state index in [1.54, 1.807) is 0 Å². The van der Waals surface area contributed by atoms with Gasteiger partial charge in [0.1, 0.15) is 0 Å². The molecule has 0 aliphatic heterocycles. The monoisotopic (exact) mass is 290 g/mol. The Morgan fingerprint density at radius 1 is 1.28 bits per heavy atom. The van der Waals surface area contributed by atoms with Crippen molar-refractivity contribution < 1.29 is 16.8 Å². The van der Waals surface area contributed by atoms with E-state index in [-0.39, 0.29) is 12.5 Å². The van der Waals surface area contributed by atoms with Crippen LogP contribution in [0, 0.1) is 5.92 Å². The third kappa shape index (κ3) is 6.28. The molecule has 0 saturated heterocycles. The van der Waals surface area contributed by atoms with Gasteiger partial charge in [0.25, 0.3) is 10.1 Å². The van der Waals surface area contributed by atoms with Gasteiger partial charge in [-0.1, -0.05) is 25.1 Å². The van der Waals surface area contributed by atoms with Crippen molar-refractivity contribution in [3.8, 4) is 0 Å².